The molecule has 0 aliphatic carbocycles. The SMILES string of the molecule is O=C1N=C(N2CCC(Cc3ccccc3)CC2)S/C1=C\c1cn(-c2ccccc2)nc1-c1ccc(F)cc1. The summed E-state index contributed by atoms with van der Waals surface area (Å²) >= 11 is 1.43. The molecule has 7 heteroatoms. The Morgan fingerprint density at radius 2 is 1.61 bits per heavy atom. The van der Waals surface area contributed by atoms with Gasteiger partial charge in [0.2, 0.25) is 0 Å². The first kappa shape index (κ1) is 24.4. The zero-order valence-electron chi connectivity index (χ0n) is 20.8. The quantitative estimate of drug-likeness (QED) is 0.277. The number of halogens is 1. The van der Waals surface area contributed by atoms with Gasteiger partial charge in [-0.05, 0) is 85.0 Å². The van der Waals surface area contributed by atoms with Crippen molar-refractivity contribution in [2.24, 2.45) is 10.9 Å². The van der Waals surface area contributed by atoms with Crippen LogP contribution in [-0.4, -0.2) is 38.8 Å². The van der Waals surface area contributed by atoms with E-state index in [1.807, 2.05) is 42.6 Å². The summed E-state index contributed by atoms with van der Waals surface area (Å²) in [5.41, 5.74) is 4.54. The zero-order valence-corrected chi connectivity index (χ0v) is 21.7. The summed E-state index contributed by atoms with van der Waals surface area (Å²) in [5, 5.41) is 5.56. The number of likely N-dealkylation sites (tertiary alicyclic amines) is 1. The number of benzene rings is 3. The van der Waals surface area contributed by atoms with E-state index in [1.165, 1.54) is 29.5 Å². The largest absolute Gasteiger partial charge is 0.351 e. The number of rotatable bonds is 5. The maximum Gasteiger partial charge on any atom is 0.286 e. The van der Waals surface area contributed by atoms with Crippen LogP contribution >= 0.6 is 11.8 Å². The Kier molecular flexibility index (Phi) is 6.92. The molecule has 4 aromatic rings. The molecule has 3 heterocycles. The number of piperidine rings is 1. The molecule has 2 aliphatic rings. The fourth-order valence-corrected chi connectivity index (χ4v) is 5.94. The topological polar surface area (TPSA) is 50.5 Å². The number of amidine groups is 1. The van der Waals surface area contributed by atoms with Crippen molar-refractivity contribution in [2.75, 3.05) is 13.1 Å². The van der Waals surface area contributed by atoms with Gasteiger partial charge in [0.15, 0.2) is 5.17 Å². The fraction of sp³-hybridized carbons (Fsp3) is 0.194. The molecule has 1 saturated heterocycles. The highest BCUT2D eigenvalue weighted by Crippen LogP contribution is 2.35. The summed E-state index contributed by atoms with van der Waals surface area (Å²) in [6, 6.07) is 26.7. The molecule has 1 amide bonds. The number of thioether (sulfide) groups is 1. The van der Waals surface area contributed by atoms with Crippen LogP contribution in [0.1, 0.15) is 24.0 Å². The van der Waals surface area contributed by atoms with E-state index in [4.69, 9.17) is 5.10 Å². The molecule has 2 aliphatic heterocycles. The maximum absolute atomic E-state index is 13.6. The summed E-state index contributed by atoms with van der Waals surface area (Å²) in [6.07, 6.45) is 7.02. The van der Waals surface area contributed by atoms with Gasteiger partial charge < -0.3 is 4.90 Å². The number of hydrogen-bond donors (Lipinski definition) is 0. The van der Waals surface area contributed by atoms with Crippen molar-refractivity contribution in [1.82, 2.24) is 14.7 Å². The van der Waals surface area contributed by atoms with E-state index in [-0.39, 0.29) is 11.7 Å². The second-order valence-corrected chi connectivity index (χ2v) is 10.7. The number of para-hydroxylation sites is 1. The first-order valence-corrected chi connectivity index (χ1v) is 13.7. The number of aromatic nitrogens is 2. The summed E-state index contributed by atoms with van der Waals surface area (Å²) in [7, 11) is 0. The van der Waals surface area contributed by atoms with Crippen molar-refractivity contribution in [3.05, 3.63) is 113 Å². The number of amides is 1. The second-order valence-electron chi connectivity index (χ2n) is 9.65. The number of carbonyl (C=O) groups excluding carboxylic acids is 1. The van der Waals surface area contributed by atoms with Crippen LogP contribution in [0.3, 0.4) is 0 Å². The van der Waals surface area contributed by atoms with Crippen molar-refractivity contribution in [3.63, 3.8) is 0 Å². The minimum absolute atomic E-state index is 0.228. The molecule has 0 spiro atoms. The molecular weight excluding hydrogens is 495 g/mol. The Hall–Kier alpha value is -3.97. The van der Waals surface area contributed by atoms with Gasteiger partial charge in [0.05, 0.1) is 16.3 Å². The molecule has 3 aromatic carbocycles. The Morgan fingerprint density at radius 3 is 2.32 bits per heavy atom. The molecule has 0 N–H and O–H groups in total. The van der Waals surface area contributed by atoms with E-state index in [0.717, 1.165) is 54.3 Å². The van der Waals surface area contributed by atoms with Gasteiger partial charge in [0, 0.05) is 30.4 Å². The monoisotopic (exact) mass is 522 g/mol. The summed E-state index contributed by atoms with van der Waals surface area (Å²) < 4.78 is 15.4. The van der Waals surface area contributed by atoms with Gasteiger partial charge in [-0.2, -0.15) is 10.1 Å². The molecule has 0 saturated carbocycles. The zero-order chi connectivity index (χ0) is 25.9. The summed E-state index contributed by atoms with van der Waals surface area (Å²) in [6.45, 7) is 1.80. The van der Waals surface area contributed by atoms with Crippen molar-refractivity contribution < 1.29 is 9.18 Å². The molecule has 1 fully saturated rings. The van der Waals surface area contributed by atoms with Crippen LogP contribution in [0.5, 0.6) is 0 Å². The van der Waals surface area contributed by atoms with Crippen LogP contribution in [-0.2, 0) is 11.2 Å². The molecule has 6 rings (SSSR count). The van der Waals surface area contributed by atoms with Crippen LogP contribution in [0.25, 0.3) is 23.0 Å². The van der Waals surface area contributed by atoms with E-state index >= 15 is 0 Å². The molecule has 38 heavy (non-hydrogen) atoms. The van der Waals surface area contributed by atoms with Crippen molar-refractivity contribution in [3.8, 4) is 16.9 Å². The lowest BCUT2D eigenvalue weighted by Crippen LogP contribution is -2.37. The molecule has 0 bridgehead atoms. The highest BCUT2D eigenvalue weighted by Gasteiger charge is 2.29. The predicted octanol–water partition coefficient (Wildman–Crippen LogP) is 6.60. The molecule has 0 atom stereocenters. The van der Waals surface area contributed by atoms with Crippen LogP contribution < -0.4 is 0 Å². The number of aliphatic imine (C=N–C) groups is 1. The van der Waals surface area contributed by atoms with Gasteiger partial charge in [0.25, 0.3) is 5.91 Å². The van der Waals surface area contributed by atoms with Crippen LogP contribution in [0, 0.1) is 11.7 Å². The molecule has 0 radical (unpaired) electrons. The molecule has 190 valence electrons. The Morgan fingerprint density at radius 1 is 0.921 bits per heavy atom. The smallest absolute Gasteiger partial charge is 0.286 e. The minimum Gasteiger partial charge on any atom is -0.351 e. The average Bonchev–Trinajstić information content (AvgIpc) is 3.54. The van der Waals surface area contributed by atoms with Gasteiger partial charge in [-0.25, -0.2) is 9.07 Å². The maximum atomic E-state index is 13.6. The first-order chi connectivity index (χ1) is 18.6. The van der Waals surface area contributed by atoms with E-state index in [0.29, 0.717) is 16.5 Å². The minimum atomic E-state index is -0.303. The van der Waals surface area contributed by atoms with Gasteiger partial charge >= 0.3 is 0 Å². The Bertz CT molecular complexity index is 1490. The van der Waals surface area contributed by atoms with Crippen LogP contribution in [0.4, 0.5) is 4.39 Å². The number of nitrogens with zero attached hydrogens (tertiary/aromatic N) is 4. The van der Waals surface area contributed by atoms with E-state index < -0.39 is 0 Å². The van der Waals surface area contributed by atoms with Crippen molar-refractivity contribution in [2.45, 2.75) is 19.3 Å². The van der Waals surface area contributed by atoms with E-state index in [2.05, 4.69) is 40.2 Å². The van der Waals surface area contributed by atoms with Crippen molar-refractivity contribution in [1.29, 1.82) is 0 Å². The van der Waals surface area contributed by atoms with Crippen LogP contribution in [0.15, 0.2) is 101 Å². The van der Waals surface area contributed by atoms with Crippen LogP contribution in [0.2, 0.25) is 0 Å². The fourth-order valence-electron chi connectivity index (χ4n) is 4.99. The number of carbonyl (C=O) groups is 1. The van der Waals surface area contributed by atoms with E-state index in [1.54, 1.807) is 16.8 Å². The summed E-state index contributed by atoms with van der Waals surface area (Å²) in [5.74, 6) is 0.116. The molecule has 0 unspecified atom stereocenters. The third kappa shape index (κ3) is 5.34. The van der Waals surface area contributed by atoms with E-state index in [9.17, 15) is 9.18 Å². The van der Waals surface area contributed by atoms with Gasteiger partial charge in [-0.1, -0.05) is 48.5 Å². The lowest BCUT2D eigenvalue weighted by molar-refractivity contribution is -0.113. The normalized spacial score (nSPS) is 17.3. The molecule has 1 aromatic heterocycles. The van der Waals surface area contributed by atoms with Gasteiger partial charge in [-0.15, -0.1) is 0 Å². The Balaban J connectivity index is 1.20. The van der Waals surface area contributed by atoms with Gasteiger partial charge in [-0.3, -0.25) is 4.79 Å². The Labute approximate surface area is 225 Å². The number of hydrogen-bond acceptors (Lipinski definition) is 4. The molecular formula is C31H27FN4OS. The first-order valence-electron chi connectivity index (χ1n) is 12.8. The average molecular weight is 523 g/mol. The van der Waals surface area contributed by atoms with Crippen molar-refractivity contribution >= 4 is 28.9 Å². The second kappa shape index (κ2) is 10.8. The lowest BCUT2D eigenvalue weighted by Gasteiger charge is -2.32. The van der Waals surface area contributed by atoms with Gasteiger partial charge in [0.1, 0.15) is 5.82 Å². The lowest BCUT2D eigenvalue weighted by atomic mass is 9.90. The highest BCUT2D eigenvalue weighted by molar-refractivity contribution is 8.18. The standard InChI is InChI=1S/C31H27FN4OS/c32-26-13-11-24(12-14-26)29-25(21-36(34-29)27-9-5-2-6-10-27)20-28-30(37)33-31(38-28)35-17-15-23(16-18-35)19-22-7-3-1-4-8-22/h1-14,20-21,23H,15-19H2/b28-20-. The third-order valence-electron chi connectivity index (χ3n) is 7.03. The summed E-state index contributed by atoms with van der Waals surface area (Å²) in [4.78, 5) is 20.1. The third-order valence-corrected chi connectivity index (χ3v) is 8.07. The highest BCUT2D eigenvalue weighted by atomic mass is 32.2. The molecule has 5 nitrogen and oxygen atoms in total. The predicted molar refractivity (Wildman–Crippen MR) is 151 cm³/mol.